The first kappa shape index (κ1) is 13.6. The van der Waals surface area contributed by atoms with Crippen LogP contribution in [0.4, 0.5) is 5.82 Å². The second kappa shape index (κ2) is 5.89. The van der Waals surface area contributed by atoms with E-state index in [1.165, 1.54) is 5.56 Å². The number of para-hydroxylation sites is 1. The van der Waals surface area contributed by atoms with Gasteiger partial charge in [0.05, 0.1) is 13.7 Å². The molecule has 0 aliphatic heterocycles. The highest BCUT2D eigenvalue weighted by Crippen LogP contribution is 2.27. The molecule has 0 fully saturated rings. The summed E-state index contributed by atoms with van der Waals surface area (Å²) >= 11 is 0. The van der Waals surface area contributed by atoms with Crippen LogP contribution < -0.4 is 10.1 Å². The summed E-state index contributed by atoms with van der Waals surface area (Å²) in [5.74, 6) is 1.64. The number of pyridine rings is 1. The normalized spacial score (nSPS) is 12.4. The van der Waals surface area contributed by atoms with E-state index >= 15 is 0 Å². The first-order valence-electron chi connectivity index (χ1n) is 6.35. The third-order valence-electron chi connectivity index (χ3n) is 3.04. The Bertz CT molecular complexity index is 569. The molecule has 0 aliphatic carbocycles. The highest BCUT2D eigenvalue weighted by atomic mass is 16.5. The van der Waals surface area contributed by atoms with Crippen LogP contribution in [0.25, 0.3) is 10.9 Å². The minimum Gasteiger partial charge on any atom is -0.494 e. The van der Waals surface area contributed by atoms with Gasteiger partial charge >= 0.3 is 0 Å². The van der Waals surface area contributed by atoms with Gasteiger partial charge in [0, 0.05) is 18.5 Å². The largest absolute Gasteiger partial charge is 0.494 e. The molecule has 2 aromatic rings. The molecule has 102 valence electrons. The Balaban J connectivity index is 2.42. The van der Waals surface area contributed by atoms with Crippen molar-refractivity contribution in [2.45, 2.75) is 19.9 Å². The van der Waals surface area contributed by atoms with Gasteiger partial charge in [-0.3, -0.25) is 0 Å². The Hall–Kier alpha value is -1.81. The lowest BCUT2D eigenvalue weighted by molar-refractivity contribution is 0.190. The Morgan fingerprint density at radius 3 is 2.79 bits per heavy atom. The number of nitrogens with one attached hydrogen (secondary N) is 1. The molecule has 1 atom stereocenters. The van der Waals surface area contributed by atoms with E-state index in [1.54, 1.807) is 14.2 Å². The van der Waals surface area contributed by atoms with Crippen molar-refractivity contribution in [3.8, 4) is 5.75 Å². The molecular weight excluding hydrogens is 240 g/mol. The molecule has 0 amide bonds. The number of aryl methyl sites for hydroxylation is 1. The molecule has 4 nitrogen and oxygen atoms in total. The van der Waals surface area contributed by atoms with E-state index in [0.717, 1.165) is 22.5 Å². The van der Waals surface area contributed by atoms with Gasteiger partial charge in [-0.25, -0.2) is 4.98 Å². The second-order valence-electron chi connectivity index (χ2n) is 4.68. The van der Waals surface area contributed by atoms with Crippen LogP contribution in [0.3, 0.4) is 0 Å². The molecule has 1 unspecified atom stereocenters. The lowest BCUT2D eigenvalue weighted by Crippen LogP contribution is -2.21. The van der Waals surface area contributed by atoms with E-state index in [1.807, 2.05) is 18.2 Å². The van der Waals surface area contributed by atoms with Gasteiger partial charge in [0.2, 0.25) is 0 Å². The molecule has 19 heavy (non-hydrogen) atoms. The van der Waals surface area contributed by atoms with Crippen molar-refractivity contribution in [2.24, 2.45) is 0 Å². The molecule has 0 spiro atoms. The number of hydrogen-bond acceptors (Lipinski definition) is 4. The number of aromatic nitrogens is 1. The van der Waals surface area contributed by atoms with Gasteiger partial charge in [-0.1, -0.05) is 12.1 Å². The summed E-state index contributed by atoms with van der Waals surface area (Å²) in [7, 11) is 3.36. The molecule has 1 aromatic carbocycles. The summed E-state index contributed by atoms with van der Waals surface area (Å²) in [6, 6.07) is 8.23. The molecule has 0 saturated carbocycles. The van der Waals surface area contributed by atoms with Gasteiger partial charge in [-0.2, -0.15) is 0 Å². The zero-order valence-corrected chi connectivity index (χ0v) is 11.9. The van der Waals surface area contributed by atoms with Gasteiger partial charge in [-0.15, -0.1) is 0 Å². The van der Waals surface area contributed by atoms with Crippen molar-refractivity contribution in [1.29, 1.82) is 0 Å². The van der Waals surface area contributed by atoms with Gasteiger partial charge < -0.3 is 14.8 Å². The SMILES string of the molecule is COCC(C)Nc1cc(C)c2cccc(OC)c2n1. The highest BCUT2D eigenvalue weighted by Gasteiger charge is 2.09. The summed E-state index contributed by atoms with van der Waals surface area (Å²) in [6.45, 7) is 4.78. The number of hydrogen-bond donors (Lipinski definition) is 1. The average molecular weight is 260 g/mol. The minimum absolute atomic E-state index is 0.212. The summed E-state index contributed by atoms with van der Waals surface area (Å²) < 4.78 is 10.5. The molecule has 0 bridgehead atoms. The van der Waals surface area contributed by atoms with E-state index in [-0.39, 0.29) is 6.04 Å². The molecule has 1 N–H and O–H groups in total. The Labute approximate surface area is 113 Å². The first-order valence-corrected chi connectivity index (χ1v) is 6.35. The van der Waals surface area contributed by atoms with E-state index < -0.39 is 0 Å². The summed E-state index contributed by atoms with van der Waals surface area (Å²) in [6.07, 6.45) is 0. The quantitative estimate of drug-likeness (QED) is 0.897. The molecule has 1 heterocycles. The molecule has 0 aliphatic rings. The summed E-state index contributed by atoms with van der Waals surface area (Å²) in [4.78, 5) is 4.64. The van der Waals surface area contributed by atoms with Crippen LogP contribution in [0.1, 0.15) is 12.5 Å². The molecule has 1 aromatic heterocycles. The number of rotatable bonds is 5. The number of fused-ring (bicyclic) bond motifs is 1. The number of methoxy groups -OCH3 is 2. The number of anilines is 1. The van der Waals surface area contributed by atoms with E-state index in [9.17, 15) is 0 Å². The van der Waals surface area contributed by atoms with Crippen LogP contribution in [0.5, 0.6) is 5.75 Å². The predicted molar refractivity (Wildman–Crippen MR) is 78.0 cm³/mol. The molecule has 0 saturated heterocycles. The summed E-state index contributed by atoms with van der Waals surface area (Å²) in [5, 5.41) is 4.45. The lowest BCUT2D eigenvalue weighted by Gasteiger charge is -2.15. The molecule has 2 rings (SSSR count). The topological polar surface area (TPSA) is 43.4 Å². The van der Waals surface area contributed by atoms with Gasteiger partial charge in [-0.05, 0) is 31.5 Å². The fraction of sp³-hybridized carbons (Fsp3) is 0.400. The van der Waals surface area contributed by atoms with Gasteiger partial charge in [0.15, 0.2) is 0 Å². The maximum atomic E-state index is 5.37. The van der Waals surface area contributed by atoms with E-state index in [2.05, 4.69) is 30.2 Å². The third kappa shape index (κ3) is 2.96. The van der Waals surface area contributed by atoms with Crippen molar-refractivity contribution >= 4 is 16.7 Å². The fourth-order valence-electron chi connectivity index (χ4n) is 2.17. The molecule has 4 heteroatoms. The van der Waals surface area contributed by atoms with Gasteiger partial charge in [0.1, 0.15) is 17.1 Å². The Morgan fingerprint density at radius 1 is 1.32 bits per heavy atom. The zero-order valence-electron chi connectivity index (χ0n) is 11.9. The van der Waals surface area contributed by atoms with Crippen molar-refractivity contribution in [1.82, 2.24) is 4.98 Å². The van der Waals surface area contributed by atoms with Crippen LogP contribution in [0.2, 0.25) is 0 Å². The predicted octanol–water partition coefficient (Wildman–Crippen LogP) is 3.00. The summed E-state index contributed by atoms with van der Waals surface area (Å²) in [5.41, 5.74) is 2.06. The van der Waals surface area contributed by atoms with Crippen LogP contribution in [-0.2, 0) is 4.74 Å². The van der Waals surface area contributed by atoms with Crippen LogP contribution >= 0.6 is 0 Å². The maximum Gasteiger partial charge on any atom is 0.145 e. The van der Waals surface area contributed by atoms with Crippen molar-refractivity contribution in [3.63, 3.8) is 0 Å². The first-order chi connectivity index (χ1) is 9.15. The Kier molecular flexibility index (Phi) is 4.22. The van der Waals surface area contributed by atoms with Crippen LogP contribution in [0, 0.1) is 6.92 Å². The van der Waals surface area contributed by atoms with Crippen molar-refractivity contribution in [3.05, 3.63) is 29.8 Å². The minimum atomic E-state index is 0.212. The monoisotopic (exact) mass is 260 g/mol. The number of nitrogens with zero attached hydrogens (tertiary/aromatic N) is 1. The molecule has 0 radical (unpaired) electrons. The average Bonchev–Trinajstić information content (AvgIpc) is 2.38. The Morgan fingerprint density at radius 2 is 2.11 bits per heavy atom. The fourth-order valence-corrected chi connectivity index (χ4v) is 2.17. The van der Waals surface area contributed by atoms with Crippen LogP contribution in [-0.4, -0.2) is 31.9 Å². The van der Waals surface area contributed by atoms with Crippen molar-refractivity contribution < 1.29 is 9.47 Å². The van der Waals surface area contributed by atoms with Gasteiger partial charge in [0.25, 0.3) is 0 Å². The number of ether oxygens (including phenoxy) is 2. The van der Waals surface area contributed by atoms with Crippen molar-refractivity contribution in [2.75, 3.05) is 26.1 Å². The van der Waals surface area contributed by atoms with E-state index in [0.29, 0.717) is 6.61 Å². The number of benzene rings is 1. The van der Waals surface area contributed by atoms with Crippen LogP contribution in [0.15, 0.2) is 24.3 Å². The lowest BCUT2D eigenvalue weighted by atomic mass is 10.1. The highest BCUT2D eigenvalue weighted by molar-refractivity contribution is 5.88. The second-order valence-corrected chi connectivity index (χ2v) is 4.68. The molecular formula is C15H20N2O2. The smallest absolute Gasteiger partial charge is 0.145 e. The zero-order chi connectivity index (χ0) is 13.8. The standard InChI is InChI=1S/C15H20N2O2/c1-10-8-14(16-11(2)9-18-3)17-15-12(10)6-5-7-13(15)19-4/h5-8,11H,9H2,1-4H3,(H,16,17). The maximum absolute atomic E-state index is 5.37. The van der Waals surface area contributed by atoms with E-state index in [4.69, 9.17) is 9.47 Å². The third-order valence-corrected chi connectivity index (χ3v) is 3.04.